The summed E-state index contributed by atoms with van der Waals surface area (Å²) in [4.78, 5) is 31.9. The van der Waals surface area contributed by atoms with E-state index in [4.69, 9.17) is 23.2 Å². The average Bonchev–Trinajstić information content (AvgIpc) is 3.38. The van der Waals surface area contributed by atoms with Crippen LogP contribution in [0.25, 0.3) is 0 Å². The van der Waals surface area contributed by atoms with E-state index in [2.05, 4.69) is 10.2 Å². The van der Waals surface area contributed by atoms with Gasteiger partial charge in [-0.05, 0) is 72.3 Å². The number of urea groups is 1. The van der Waals surface area contributed by atoms with Crippen molar-refractivity contribution in [3.8, 4) is 0 Å². The summed E-state index contributed by atoms with van der Waals surface area (Å²) in [5.41, 5.74) is 2.46. The fraction of sp³-hybridized carbons (Fsp3) is 0.350. The number of nitrogens with one attached hydrogen (secondary N) is 1. The number of piperidine rings is 1. The molecule has 0 bridgehead atoms. The van der Waals surface area contributed by atoms with Gasteiger partial charge in [-0.25, -0.2) is 13.2 Å². The SMILES string of the molecule is CN(CC(CCN1CCC2(CC1)c1ccccc1CS2(=O)=O)(c1ccc(Cl)c(Cl)c1)N(C)C(=O)NC(c1ccccc1)c1ccccc1)C(=O)C(F)F. The largest absolute Gasteiger partial charge is 0.338 e. The molecule has 1 fully saturated rings. The number of hydrogen-bond donors (Lipinski definition) is 1. The normalized spacial score (nSPS) is 17.4. The number of alkyl halides is 2. The van der Waals surface area contributed by atoms with Gasteiger partial charge < -0.3 is 20.0 Å². The predicted molar refractivity (Wildman–Crippen MR) is 204 cm³/mol. The van der Waals surface area contributed by atoms with Crippen molar-refractivity contribution < 1.29 is 26.8 Å². The molecule has 8 nitrogen and oxygen atoms in total. The van der Waals surface area contributed by atoms with E-state index in [9.17, 15) is 26.8 Å². The molecular formula is C40H42Cl2F2N4O4S. The highest BCUT2D eigenvalue weighted by Crippen LogP contribution is 2.49. The third-order valence-corrected chi connectivity index (χ3v) is 14.2. The van der Waals surface area contributed by atoms with Gasteiger partial charge in [0.1, 0.15) is 4.75 Å². The maximum Gasteiger partial charge on any atom is 0.318 e. The molecular weight excluding hydrogens is 741 g/mol. The van der Waals surface area contributed by atoms with Crippen LogP contribution in [-0.4, -0.2) is 81.8 Å². The predicted octanol–water partition coefficient (Wildman–Crippen LogP) is 7.65. The molecule has 0 aromatic heterocycles. The number of amides is 3. The van der Waals surface area contributed by atoms with Crippen LogP contribution < -0.4 is 5.32 Å². The highest BCUT2D eigenvalue weighted by molar-refractivity contribution is 7.92. The van der Waals surface area contributed by atoms with E-state index in [1.807, 2.05) is 84.9 Å². The summed E-state index contributed by atoms with van der Waals surface area (Å²) in [6, 6.07) is 30.2. The number of sulfone groups is 1. The molecule has 2 aliphatic heterocycles. The molecule has 4 aromatic rings. The zero-order valence-electron chi connectivity index (χ0n) is 29.5. The fourth-order valence-corrected chi connectivity index (χ4v) is 10.5. The quantitative estimate of drug-likeness (QED) is 0.169. The van der Waals surface area contributed by atoms with Crippen molar-refractivity contribution in [2.75, 3.05) is 40.3 Å². The Balaban J connectivity index is 1.35. The number of carbonyl (C=O) groups is 2. The number of benzene rings is 4. The second-order valence-corrected chi connectivity index (χ2v) is 17.0. The molecule has 0 saturated carbocycles. The van der Waals surface area contributed by atoms with Gasteiger partial charge in [-0.1, -0.05) is 114 Å². The molecule has 13 heteroatoms. The van der Waals surface area contributed by atoms with Crippen LogP contribution in [0.3, 0.4) is 0 Å². The summed E-state index contributed by atoms with van der Waals surface area (Å²) in [7, 11) is -0.563. The third kappa shape index (κ3) is 7.67. The van der Waals surface area contributed by atoms with E-state index in [-0.39, 0.29) is 28.8 Å². The van der Waals surface area contributed by atoms with Crippen molar-refractivity contribution in [1.82, 2.24) is 20.0 Å². The maximum absolute atomic E-state index is 14.6. The fourth-order valence-electron chi connectivity index (χ4n) is 7.93. The Bertz CT molecular complexity index is 2010. The summed E-state index contributed by atoms with van der Waals surface area (Å²) in [6.07, 6.45) is -2.29. The van der Waals surface area contributed by atoms with Crippen LogP contribution in [0.15, 0.2) is 103 Å². The van der Waals surface area contributed by atoms with Crippen molar-refractivity contribution in [2.24, 2.45) is 0 Å². The number of rotatable bonds is 11. The first-order chi connectivity index (χ1) is 25.3. The van der Waals surface area contributed by atoms with Crippen molar-refractivity contribution in [2.45, 2.75) is 47.8 Å². The summed E-state index contributed by atoms with van der Waals surface area (Å²) in [6.45, 7) is 0.972. The number of likely N-dealkylation sites (tertiary alicyclic amines) is 1. The summed E-state index contributed by atoms with van der Waals surface area (Å²) in [5, 5.41) is 3.62. The Morgan fingerprint density at radius 3 is 2.04 bits per heavy atom. The van der Waals surface area contributed by atoms with E-state index in [1.165, 1.54) is 11.9 Å². The van der Waals surface area contributed by atoms with Gasteiger partial charge in [0.05, 0.1) is 27.4 Å². The minimum Gasteiger partial charge on any atom is -0.338 e. The second-order valence-electron chi connectivity index (χ2n) is 13.9. The van der Waals surface area contributed by atoms with Crippen molar-refractivity contribution in [1.29, 1.82) is 0 Å². The maximum atomic E-state index is 14.6. The van der Waals surface area contributed by atoms with Crippen molar-refractivity contribution in [3.63, 3.8) is 0 Å². The molecule has 1 atom stereocenters. The molecule has 1 N–H and O–H groups in total. The second kappa shape index (κ2) is 15.8. The standard InChI is InChI=1S/C40H42Cl2F2N4O4S/c1-46(37(49)36(43)44)27-39(31-17-18-33(41)34(42)25-31,47(2)38(50)45-35(28-11-5-3-6-12-28)29-13-7-4-8-14-29)19-22-48-23-20-40(21-24-48)32-16-10-9-15-30(32)26-53(40,51)52/h3-18,25,35-36H,19-24,26-27H2,1-2H3,(H,45,50). The molecule has 2 heterocycles. The van der Waals surface area contributed by atoms with Gasteiger partial charge >= 0.3 is 12.5 Å². The van der Waals surface area contributed by atoms with Crippen LogP contribution in [0.2, 0.25) is 10.0 Å². The first kappa shape index (κ1) is 38.7. The Morgan fingerprint density at radius 1 is 0.868 bits per heavy atom. The van der Waals surface area contributed by atoms with E-state index >= 15 is 0 Å². The zero-order chi connectivity index (χ0) is 38.0. The molecule has 53 heavy (non-hydrogen) atoms. The Morgan fingerprint density at radius 2 is 1.45 bits per heavy atom. The van der Waals surface area contributed by atoms with Gasteiger partial charge in [0.15, 0.2) is 9.84 Å². The van der Waals surface area contributed by atoms with E-state index < -0.39 is 44.5 Å². The van der Waals surface area contributed by atoms with Crippen LogP contribution in [0.4, 0.5) is 13.6 Å². The number of likely N-dealkylation sites (N-methyl/N-ethyl adjacent to an activating group) is 2. The Labute approximate surface area is 319 Å². The number of nitrogens with zero attached hydrogens (tertiary/aromatic N) is 3. The Kier molecular flexibility index (Phi) is 11.5. The van der Waals surface area contributed by atoms with E-state index in [1.54, 1.807) is 25.2 Å². The minimum atomic E-state index is -3.43. The third-order valence-electron chi connectivity index (χ3n) is 11.0. The highest BCUT2D eigenvalue weighted by atomic mass is 35.5. The lowest BCUT2D eigenvalue weighted by molar-refractivity contribution is -0.143. The monoisotopic (exact) mass is 782 g/mol. The summed E-state index contributed by atoms with van der Waals surface area (Å²) >= 11 is 12.9. The minimum absolute atomic E-state index is 0.0149. The molecule has 280 valence electrons. The van der Waals surface area contributed by atoms with Crippen LogP contribution in [0.1, 0.15) is 53.1 Å². The van der Waals surface area contributed by atoms with Crippen LogP contribution in [-0.2, 0) is 30.7 Å². The molecule has 0 radical (unpaired) electrons. The Hall–Kier alpha value is -4.03. The van der Waals surface area contributed by atoms with E-state index in [0.29, 0.717) is 38.0 Å². The molecule has 4 aromatic carbocycles. The number of hydrogen-bond acceptors (Lipinski definition) is 5. The number of fused-ring (bicyclic) bond motifs is 2. The van der Waals surface area contributed by atoms with Gasteiger partial charge in [0.2, 0.25) is 0 Å². The molecule has 0 aliphatic carbocycles. The molecule has 1 spiro atoms. The number of halogens is 4. The first-order valence-electron chi connectivity index (χ1n) is 17.4. The summed E-state index contributed by atoms with van der Waals surface area (Å²) in [5.74, 6) is -1.37. The van der Waals surface area contributed by atoms with Crippen LogP contribution >= 0.6 is 23.2 Å². The number of carbonyl (C=O) groups excluding carboxylic acids is 2. The topological polar surface area (TPSA) is 90.0 Å². The van der Waals surface area contributed by atoms with E-state index in [0.717, 1.165) is 27.2 Å². The summed E-state index contributed by atoms with van der Waals surface area (Å²) < 4.78 is 54.0. The molecule has 1 unspecified atom stereocenters. The van der Waals surface area contributed by atoms with Gasteiger partial charge in [-0.3, -0.25) is 4.79 Å². The lowest BCUT2D eigenvalue weighted by Crippen LogP contribution is -2.58. The van der Waals surface area contributed by atoms with Gasteiger partial charge in [-0.15, -0.1) is 0 Å². The molecule has 3 amide bonds. The molecule has 6 rings (SSSR count). The lowest BCUT2D eigenvalue weighted by Gasteiger charge is -2.47. The average molecular weight is 784 g/mol. The van der Waals surface area contributed by atoms with Gasteiger partial charge in [0.25, 0.3) is 5.91 Å². The van der Waals surface area contributed by atoms with Crippen LogP contribution in [0, 0.1) is 0 Å². The smallest absolute Gasteiger partial charge is 0.318 e. The van der Waals surface area contributed by atoms with Crippen molar-refractivity contribution in [3.05, 3.63) is 141 Å². The van der Waals surface area contributed by atoms with Gasteiger partial charge in [-0.2, -0.15) is 8.78 Å². The zero-order valence-corrected chi connectivity index (χ0v) is 31.8. The van der Waals surface area contributed by atoms with Crippen molar-refractivity contribution >= 4 is 45.0 Å². The molecule has 1 saturated heterocycles. The van der Waals surface area contributed by atoms with Gasteiger partial charge in [0, 0.05) is 27.2 Å². The lowest BCUT2D eigenvalue weighted by atomic mass is 9.83. The molecule has 2 aliphatic rings. The first-order valence-corrected chi connectivity index (χ1v) is 19.8. The van der Waals surface area contributed by atoms with Crippen LogP contribution in [0.5, 0.6) is 0 Å². The highest BCUT2D eigenvalue weighted by Gasteiger charge is 2.53.